The normalized spacial score (nSPS) is 12.7. The second-order valence-electron chi connectivity index (χ2n) is 5.33. The third kappa shape index (κ3) is 4.58. The van der Waals surface area contributed by atoms with Crippen molar-refractivity contribution in [3.05, 3.63) is 42.1 Å². The van der Waals surface area contributed by atoms with Gasteiger partial charge in [0.25, 0.3) is 0 Å². The molecular weight excluding hydrogens is 248 g/mol. The van der Waals surface area contributed by atoms with Crippen LogP contribution in [0, 0.1) is 0 Å². The molecule has 108 valence electrons. The summed E-state index contributed by atoms with van der Waals surface area (Å²) in [7, 11) is 0. The van der Waals surface area contributed by atoms with Gasteiger partial charge in [0, 0.05) is 11.6 Å². The zero-order valence-electron chi connectivity index (χ0n) is 12.2. The molecule has 1 aromatic carbocycles. The number of rotatable bonds is 8. The number of nitrogens with zero attached hydrogens (tertiary/aromatic N) is 1. The molecule has 3 nitrogen and oxygen atoms in total. The number of aliphatic hydroxyl groups excluding tert-OH is 1. The Kier molecular flexibility index (Phi) is 5.96. The predicted octanol–water partition coefficient (Wildman–Crippen LogP) is 2.92. The van der Waals surface area contributed by atoms with Crippen molar-refractivity contribution < 1.29 is 5.11 Å². The molecule has 0 radical (unpaired) electrons. The van der Waals surface area contributed by atoms with Gasteiger partial charge in [-0.1, -0.05) is 18.2 Å². The van der Waals surface area contributed by atoms with E-state index in [2.05, 4.69) is 34.6 Å². The zero-order chi connectivity index (χ0) is 14.2. The largest absolute Gasteiger partial charge is 0.393 e. The monoisotopic (exact) mass is 272 g/mol. The lowest BCUT2D eigenvalue weighted by Gasteiger charge is -2.08. The Bertz CT molecular complexity index is 520. The minimum atomic E-state index is -0.181. The number of hydrogen-bond donors (Lipinski definition) is 2. The Hall–Kier alpha value is -1.45. The number of benzene rings is 1. The number of hydrogen-bond acceptors (Lipinski definition) is 3. The average Bonchev–Trinajstić information content (AvgIpc) is 2.46. The van der Waals surface area contributed by atoms with Crippen LogP contribution in [0.25, 0.3) is 10.9 Å². The summed E-state index contributed by atoms with van der Waals surface area (Å²) in [4.78, 5) is 4.39. The third-order valence-corrected chi connectivity index (χ3v) is 3.51. The Labute approximate surface area is 121 Å². The highest BCUT2D eigenvalue weighted by molar-refractivity contribution is 5.81. The summed E-state index contributed by atoms with van der Waals surface area (Å²) >= 11 is 0. The zero-order valence-corrected chi connectivity index (χ0v) is 12.2. The van der Waals surface area contributed by atoms with Gasteiger partial charge in [-0.15, -0.1) is 0 Å². The lowest BCUT2D eigenvalue weighted by atomic mass is 10.0. The molecule has 2 rings (SSSR count). The molecule has 1 aromatic heterocycles. The number of nitrogens with one attached hydrogen (secondary N) is 1. The highest BCUT2D eigenvalue weighted by atomic mass is 16.3. The smallest absolute Gasteiger partial charge is 0.0704 e. The van der Waals surface area contributed by atoms with Gasteiger partial charge in [-0.2, -0.15) is 0 Å². The Balaban J connectivity index is 1.73. The highest BCUT2D eigenvalue weighted by Gasteiger charge is 2.01. The molecule has 2 N–H and O–H groups in total. The molecule has 0 bridgehead atoms. The van der Waals surface area contributed by atoms with E-state index in [1.807, 2.05) is 19.2 Å². The van der Waals surface area contributed by atoms with E-state index in [1.54, 1.807) is 0 Å². The van der Waals surface area contributed by atoms with Crippen LogP contribution < -0.4 is 5.32 Å². The average molecular weight is 272 g/mol. The van der Waals surface area contributed by atoms with Crippen LogP contribution in [0.5, 0.6) is 0 Å². The second kappa shape index (κ2) is 7.98. The first-order valence-corrected chi connectivity index (χ1v) is 7.49. The fraction of sp³-hybridized carbons (Fsp3) is 0.471. The van der Waals surface area contributed by atoms with Gasteiger partial charge in [0.2, 0.25) is 0 Å². The number of aliphatic hydroxyl groups is 1. The van der Waals surface area contributed by atoms with Crippen LogP contribution in [-0.2, 0) is 6.42 Å². The summed E-state index contributed by atoms with van der Waals surface area (Å²) in [6.45, 7) is 3.85. The van der Waals surface area contributed by atoms with Crippen molar-refractivity contribution in [3.63, 3.8) is 0 Å². The van der Waals surface area contributed by atoms with Gasteiger partial charge in [-0.05, 0) is 63.4 Å². The molecule has 0 saturated heterocycles. The molecule has 0 aliphatic rings. The molecule has 0 aliphatic carbocycles. The second-order valence-corrected chi connectivity index (χ2v) is 5.33. The molecule has 0 saturated carbocycles. The van der Waals surface area contributed by atoms with E-state index in [9.17, 15) is 5.11 Å². The number of aromatic nitrogens is 1. The van der Waals surface area contributed by atoms with Crippen molar-refractivity contribution in [3.8, 4) is 0 Å². The molecule has 1 heterocycles. The van der Waals surface area contributed by atoms with Gasteiger partial charge in [-0.3, -0.25) is 4.98 Å². The summed E-state index contributed by atoms with van der Waals surface area (Å²) in [5.74, 6) is 0. The number of fused-ring (bicyclic) bond motifs is 1. The number of pyridine rings is 1. The van der Waals surface area contributed by atoms with E-state index in [1.165, 1.54) is 10.9 Å². The van der Waals surface area contributed by atoms with Gasteiger partial charge in [-0.25, -0.2) is 0 Å². The van der Waals surface area contributed by atoms with Crippen LogP contribution in [0.2, 0.25) is 0 Å². The van der Waals surface area contributed by atoms with Gasteiger partial charge >= 0.3 is 0 Å². The van der Waals surface area contributed by atoms with Crippen molar-refractivity contribution in [1.82, 2.24) is 10.3 Å². The topological polar surface area (TPSA) is 45.1 Å². The Morgan fingerprint density at radius 1 is 1.15 bits per heavy atom. The van der Waals surface area contributed by atoms with E-state index >= 15 is 0 Å². The molecule has 0 amide bonds. The van der Waals surface area contributed by atoms with Crippen LogP contribution in [0.3, 0.4) is 0 Å². The minimum Gasteiger partial charge on any atom is -0.393 e. The summed E-state index contributed by atoms with van der Waals surface area (Å²) in [6, 6.07) is 10.4. The van der Waals surface area contributed by atoms with Crippen LogP contribution in [-0.4, -0.2) is 29.3 Å². The lowest BCUT2D eigenvalue weighted by Crippen LogP contribution is -2.18. The molecule has 0 spiro atoms. The molecule has 0 fully saturated rings. The molecule has 0 aliphatic heterocycles. The summed E-state index contributed by atoms with van der Waals surface area (Å²) in [5, 5.41) is 13.9. The molecule has 0 unspecified atom stereocenters. The fourth-order valence-corrected chi connectivity index (χ4v) is 2.42. The molecule has 2 aromatic rings. The van der Waals surface area contributed by atoms with E-state index in [4.69, 9.17) is 0 Å². The highest BCUT2D eigenvalue weighted by Crippen LogP contribution is 2.17. The van der Waals surface area contributed by atoms with Crippen molar-refractivity contribution in [2.75, 3.05) is 13.1 Å². The maximum atomic E-state index is 9.17. The van der Waals surface area contributed by atoms with Crippen LogP contribution in [0.1, 0.15) is 31.7 Å². The number of para-hydroxylation sites is 1. The summed E-state index contributed by atoms with van der Waals surface area (Å²) in [6.07, 6.45) is 5.83. The molecule has 3 heteroatoms. The minimum absolute atomic E-state index is 0.181. The van der Waals surface area contributed by atoms with Crippen molar-refractivity contribution in [2.45, 2.75) is 38.7 Å². The summed E-state index contributed by atoms with van der Waals surface area (Å²) < 4.78 is 0. The first-order valence-electron chi connectivity index (χ1n) is 7.49. The van der Waals surface area contributed by atoms with E-state index < -0.39 is 0 Å². The van der Waals surface area contributed by atoms with Crippen LogP contribution in [0.15, 0.2) is 36.5 Å². The van der Waals surface area contributed by atoms with Crippen LogP contribution >= 0.6 is 0 Å². The molecule has 1 atom stereocenters. The fourth-order valence-electron chi connectivity index (χ4n) is 2.42. The summed E-state index contributed by atoms with van der Waals surface area (Å²) in [5.41, 5.74) is 2.45. The Morgan fingerprint density at radius 3 is 2.80 bits per heavy atom. The SMILES string of the molecule is C[C@@H](O)CCCNCCCc1ccnc2ccccc12. The van der Waals surface area contributed by atoms with Gasteiger partial charge in [0.15, 0.2) is 0 Å². The number of aryl methyl sites for hydroxylation is 1. The first kappa shape index (κ1) is 14.9. The maximum Gasteiger partial charge on any atom is 0.0704 e. The van der Waals surface area contributed by atoms with Gasteiger partial charge < -0.3 is 10.4 Å². The van der Waals surface area contributed by atoms with Crippen molar-refractivity contribution in [2.24, 2.45) is 0 Å². The van der Waals surface area contributed by atoms with Crippen LogP contribution in [0.4, 0.5) is 0 Å². The Morgan fingerprint density at radius 2 is 1.95 bits per heavy atom. The molecule has 20 heavy (non-hydrogen) atoms. The van der Waals surface area contributed by atoms with Gasteiger partial charge in [0.1, 0.15) is 0 Å². The van der Waals surface area contributed by atoms with E-state index in [-0.39, 0.29) is 6.10 Å². The van der Waals surface area contributed by atoms with Crippen molar-refractivity contribution >= 4 is 10.9 Å². The first-order chi connectivity index (χ1) is 9.77. The van der Waals surface area contributed by atoms with E-state index in [0.717, 1.165) is 44.3 Å². The third-order valence-electron chi connectivity index (χ3n) is 3.51. The predicted molar refractivity (Wildman–Crippen MR) is 83.8 cm³/mol. The lowest BCUT2D eigenvalue weighted by molar-refractivity contribution is 0.181. The molecular formula is C17H24N2O. The maximum absolute atomic E-state index is 9.17. The quantitative estimate of drug-likeness (QED) is 0.726. The van der Waals surface area contributed by atoms with E-state index in [0.29, 0.717) is 0 Å². The standard InChI is InChI=1S/C17H24N2O/c1-14(20)6-4-11-18-12-5-7-15-10-13-19-17-9-3-2-8-16(15)17/h2-3,8-10,13-14,18,20H,4-7,11-12H2,1H3/t14-/m1/s1. The van der Waals surface area contributed by atoms with Crippen molar-refractivity contribution in [1.29, 1.82) is 0 Å². The van der Waals surface area contributed by atoms with Gasteiger partial charge in [0.05, 0.1) is 11.6 Å².